The van der Waals surface area contributed by atoms with Gasteiger partial charge in [-0.25, -0.2) is 0 Å². The zero-order valence-electron chi connectivity index (χ0n) is 15.2. The molecular formula is C21H19N3O4. The fraction of sp³-hybridized carbons (Fsp3) is 0.286. The van der Waals surface area contributed by atoms with Crippen LogP contribution in [0.3, 0.4) is 0 Å². The SMILES string of the molecule is O=C(Nc1nnc(Cc2ccc3c(c2)OCO3)o1)c1ccc2c(c1)CCCC2. The van der Waals surface area contributed by atoms with Gasteiger partial charge in [-0.15, -0.1) is 5.10 Å². The maximum Gasteiger partial charge on any atom is 0.322 e. The number of anilines is 1. The molecule has 0 saturated carbocycles. The maximum absolute atomic E-state index is 12.5. The Bertz CT molecular complexity index is 1040. The molecule has 3 aromatic rings. The van der Waals surface area contributed by atoms with Gasteiger partial charge in [-0.05, 0) is 66.6 Å². The van der Waals surface area contributed by atoms with Crippen molar-refractivity contribution < 1.29 is 18.7 Å². The van der Waals surface area contributed by atoms with Gasteiger partial charge in [-0.3, -0.25) is 10.1 Å². The first-order valence-electron chi connectivity index (χ1n) is 9.39. The van der Waals surface area contributed by atoms with Gasteiger partial charge in [-0.2, -0.15) is 0 Å². The number of aryl methyl sites for hydroxylation is 2. The van der Waals surface area contributed by atoms with Gasteiger partial charge in [0.05, 0.1) is 6.42 Å². The summed E-state index contributed by atoms with van der Waals surface area (Å²) in [5.74, 6) is 1.61. The molecule has 1 N–H and O–H groups in total. The molecule has 2 aliphatic rings. The average Bonchev–Trinajstić information content (AvgIpc) is 3.36. The maximum atomic E-state index is 12.5. The summed E-state index contributed by atoms with van der Waals surface area (Å²) in [4.78, 5) is 12.5. The van der Waals surface area contributed by atoms with E-state index >= 15 is 0 Å². The zero-order valence-corrected chi connectivity index (χ0v) is 15.2. The molecule has 7 nitrogen and oxygen atoms in total. The van der Waals surface area contributed by atoms with E-state index in [1.165, 1.54) is 24.0 Å². The molecule has 0 atom stereocenters. The largest absolute Gasteiger partial charge is 0.454 e. The van der Waals surface area contributed by atoms with Gasteiger partial charge in [-0.1, -0.05) is 17.2 Å². The molecular weight excluding hydrogens is 358 g/mol. The van der Waals surface area contributed by atoms with Crippen LogP contribution in [0.1, 0.15) is 45.8 Å². The Morgan fingerprint density at radius 3 is 2.75 bits per heavy atom. The lowest BCUT2D eigenvalue weighted by atomic mass is 9.90. The van der Waals surface area contributed by atoms with Crippen LogP contribution in [0.15, 0.2) is 40.8 Å². The van der Waals surface area contributed by atoms with Crippen molar-refractivity contribution >= 4 is 11.9 Å². The molecule has 5 rings (SSSR count). The molecule has 7 heteroatoms. The van der Waals surface area contributed by atoms with Crippen molar-refractivity contribution in [2.24, 2.45) is 0 Å². The number of nitrogens with zero attached hydrogens (tertiary/aromatic N) is 2. The lowest BCUT2D eigenvalue weighted by Gasteiger charge is -2.16. The monoisotopic (exact) mass is 377 g/mol. The van der Waals surface area contributed by atoms with Crippen molar-refractivity contribution in [3.8, 4) is 11.5 Å². The predicted octanol–water partition coefficient (Wildman–Crippen LogP) is 3.52. The van der Waals surface area contributed by atoms with Gasteiger partial charge in [0.15, 0.2) is 11.5 Å². The summed E-state index contributed by atoms with van der Waals surface area (Å²) in [6.45, 7) is 0.234. The van der Waals surface area contributed by atoms with Crippen LogP contribution in [0.2, 0.25) is 0 Å². The van der Waals surface area contributed by atoms with Gasteiger partial charge < -0.3 is 13.9 Å². The minimum atomic E-state index is -0.244. The number of amides is 1. The fourth-order valence-electron chi connectivity index (χ4n) is 3.65. The van der Waals surface area contributed by atoms with Crippen molar-refractivity contribution in [3.05, 3.63) is 64.5 Å². The highest BCUT2D eigenvalue weighted by Gasteiger charge is 2.17. The van der Waals surface area contributed by atoms with Gasteiger partial charge in [0, 0.05) is 5.56 Å². The molecule has 1 aliphatic heterocycles. The quantitative estimate of drug-likeness (QED) is 0.749. The Labute approximate surface area is 161 Å². The third-order valence-electron chi connectivity index (χ3n) is 5.09. The number of carbonyl (C=O) groups excluding carboxylic acids is 1. The third kappa shape index (κ3) is 3.31. The standard InChI is InChI=1S/C21H19N3O4/c25-20(16-7-6-14-3-1-2-4-15(14)11-16)22-21-24-23-19(28-21)10-13-5-8-17-18(9-13)27-12-26-17/h5-9,11H,1-4,10,12H2,(H,22,24,25). The molecule has 142 valence electrons. The Balaban J connectivity index is 1.27. The lowest BCUT2D eigenvalue weighted by Crippen LogP contribution is -2.13. The van der Waals surface area contributed by atoms with Crippen LogP contribution >= 0.6 is 0 Å². The molecule has 0 unspecified atom stereocenters. The summed E-state index contributed by atoms with van der Waals surface area (Å²) in [5.41, 5.74) is 4.16. The van der Waals surface area contributed by atoms with E-state index in [0.29, 0.717) is 23.6 Å². The van der Waals surface area contributed by atoms with Crippen molar-refractivity contribution in [3.63, 3.8) is 0 Å². The first-order chi connectivity index (χ1) is 13.7. The summed E-state index contributed by atoms with van der Waals surface area (Å²) in [6, 6.07) is 11.6. The first-order valence-corrected chi connectivity index (χ1v) is 9.39. The van der Waals surface area contributed by atoms with Crippen LogP contribution in [0.25, 0.3) is 0 Å². The molecule has 0 bridgehead atoms. The number of hydrogen-bond acceptors (Lipinski definition) is 6. The molecule has 0 radical (unpaired) electrons. The minimum absolute atomic E-state index is 0.0958. The molecule has 2 heterocycles. The number of benzene rings is 2. The van der Waals surface area contributed by atoms with E-state index in [0.717, 1.165) is 24.2 Å². The Kier molecular flexibility index (Phi) is 4.20. The molecule has 0 spiro atoms. The smallest absolute Gasteiger partial charge is 0.322 e. The van der Waals surface area contributed by atoms with Crippen molar-refractivity contribution in [1.29, 1.82) is 0 Å². The van der Waals surface area contributed by atoms with Crippen LogP contribution in [0, 0.1) is 0 Å². The molecule has 28 heavy (non-hydrogen) atoms. The zero-order chi connectivity index (χ0) is 18.9. The minimum Gasteiger partial charge on any atom is -0.454 e. The summed E-state index contributed by atoms with van der Waals surface area (Å²) in [7, 11) is 0. The topological polar surface area (TPSA) is 86.5 Å². The van der Waals surface area contributed by atoms with Gasteiger partial charge in [0.1, 0.15) is 0 Å². The highest BCUT2D eigenvalue weighted by atomic mass is 16.7. The number of nitrogens with one attached hydrogen (secondary N) is 1. The second-order valence-corrected chi connectivity index (χ2v) is 7.01. The van der Waals surface area contributed by atoms with Gasteiger partial charge in [0.2, 0.25) is 12.7 Å². The van der Waals surface area contributed by atoms with Crippen LogP contribution in [-0.4, -0.2) is 22.9 Å². The van der Waals surface area contributed by atoms with E-state index in [9.17, 15) is 4.79 Å². The number of ether oxygens (including phenoxy) is 2. The predicted molar refractivity (Wildman–Crippen MR) is 101 cm³/mol. The molecule has 0 fully saturated rings. The molecule has 2 aromatic carbocycles. The van der Waals surface area contributed by atoms with Crippen LogP contribution in [0.5, 0.6) is 11.5 Å². The molecule has 1 amide bonds. The highest BCUT2D eigenvalue weighted by Crippen LogP contribution is 2.33. The number of rotatable bonds is 4. The van der Waals surface area contributed by atoms with Crippen LogP contribution < -0.4 is 14.8 Å². The van der Waals surface area contributed by atoms with Gasteiger partial charge in [0.25, 0.3) is 5.91 Å². The summed E-state index contributed by atoms with van der Waals surface area (Å²) >= 11 is 0. The Morgan fingerprint density at radius 1 is 0.964 bits per heavy atom. The van der Waals surface area contributed by atoms with Crippen LogP contribution in [-0.2, 0) is 19.3 Å². The van der Waals surface area contributed by atoms with E-state index in [1.54, 1.807) is 0 Å². The van der Waals surface area contributed by atoms with E-state index in [1.807, 2.05) is 36.4 Å². The van der Waals surface area contributed by atoms with Gasteiger partial charge >= 0.3 is 6.01 Å². The van der Waals surface area contributed by atoms with Crippen molar-refractivity contribution in [2.75, 3.05) is 12.1 Å². The summed E-state index contributed by atoms with van der Waals surface area (Å²) < 4.78 is 16.3. The third-order valence-corrected chi connectivity index (χ3v) is 5.09. The number of fused-ring (bicyclic) bond motifs is 2. The Morgan fingerprint density at radius 2 is 1.82 bits per heavy atom. The first kappa shape index (κ1) is 16.8. The second-order valence-electron chi connectivity index (χ2n) is 7.01. The van der Waals surface area contributed by atoms with E-state index < -0.39 is 0 Å². The molecule has 0 saturated heterocycles. The van der Waals surface area contributed by atoms with E-state index in [-0.39, 0.29) is 18.7 Å². The number of hydrogen-bond donors (Lipinski definition) is 1. The normalized spacial score (nSPS) is 14.6. The second kappa shape index (κ2) is 6.99. The van der Waals surface area contributed by atoms with Crippen molar-refractivity contribution in [2.45, 2.75) is 32.1 Å². The van der Waals surface area contributed by atoms with Crippen molar-refractivity contribution in [1.82, 2.24) is 10.2 Å². The number of carbonyl (C=O) groups is 1. The molecule has 1 aromatic heterocycles. The summed E-state index contributed by atoms with van der Waals surface area (Å²) in [6.07, 6.45) is 4.94. The molecule has 1 aliphatic carbocycles. The summed E-state index contributed by atoms with van der Waals surface area (Å²) in [5, 5.41) is 10.6. The highest BCUT2D eigenvalue weighted by molar-refractivity contribution is 6.03. The fourth-order valence-corrected chi connectivity index (χ4v) is 3.65. The Hall–Kier alpha value is -3.35. The van der Waals surface area contributed by atoms with E-state index in [2.05, 4.69) is 15.5 Å². The van der Waals surface area contributed by atoms with Crippen LogP contribution in [0.4, 0.5) is 6.01 Å². The lowest BCUT2D eigenvalue weighted by molar-refractivity contribution is 0.102. The van der Waals surface area contributed by atoms with E-state index in [4.69, 9.17) is 13.9 Å². The number of aromatic nitrogens is 2. The average molecular weight is 377 g/mol.